The topological polar surface area (TPSA) is 59.8 Å². The molecule has 0 aliphatic heterocycles. The van der Waals surface area contributed by atoms with Crippen molar-refractivity contribution in [2.45, 2.75) is 12.7 Å². The fourth-order valence-electron chi connectivity index (χ4n) is 1.38. The lowest BCUT2D eigenvalue weighted by atomic mass is 10.4. The number of carbonyl (C=O) groups excluding carboxylic acids is 1. The number of amides is 1. The monoisotopic (exact) mass is 304 g/mol. The normalized spacial score (nSPS) is 11.4. The zero-order chi connectivity index (χ0) is 14.8. The Morgan fingerprint density at radius 2 is 2.10 bits per heavy atom. The first-order valence-corrected chi connectivity index (χ1v) is 5.74. The Morgan fingerprint density at radius 3 is 2.65 bits per heavy atom. The summed E-state index contributed by atoms with van der Waals surface area (Å²) in [6, 6.07) is 3.80. The Labute approximate surface area is 116 Å². The summed E-state index contributed by atoms with van der Waals surface area (Å²) in [5.74, 6) is -0.292. The first kappa shape index (κ1) is 14.3. The third-order valence-electron chi connectivity index (χ3n) is 2.23. The summed E-state index contributed by atoms with van der Waals surface area (Å²) in [6.45, 7) is -0.347. The number of aromatic nitrogens is 3. The minimum Gasteiger partial charge on any atom is -0.309 e. The van der Waals surface area contributed by atoms with E-state index in [9.17, 15) is 18.0 Å². The maximum atomic E-state index is 12.3. The van der Waals surface area contributed by atoms with Crippen LogP contribution in [0.1, 0.15) is 5.69 Å². The van der Waals surface area contributed by atoms with Crippen LogP contribution in [0.15, 0.2) is 30.6 Å². The van der Waals surface area contributed by atoms with Gasteiger partial charge < -0.3 is 5.32 Å². The molecular weight excluding hydrogens is 297 g/mol. The van der Waals surface area contributed by atoms with Crippen molar-refractivity contribution in [3.63, 3.8) is 0 Å². The Bertz CT molecular complexity index is 609. The molecule has 2 aromatic heterocycles. The molecule has 2 heterocycles. The number of hydrogen-bond acceptors (Lipinski definition) is 3. The van der Waals surface area contributed by atoms with Gasteiger partial charge in [-0.25, -0.2) is 4.98 Å². The van der Waals surface area contributed by atoms with E-state index in [0.29, 0.717) is 5.02 Å². The minimum absolute atomic E-state index is 0.252. The van der Waals surface area contributed by atoms with E-state index in [-0.39, 0.29) is 12.4 Å². The number of nitrogens with one attached hydrogen (secondary N) is 1. The first-order valence-electron chi connectivity index (χ1n) is 5.36. The molecule has 2 rings (SSSR count). The molecule has 0 unspecified atom stereocenters. The fourth-order valence-corrected chi connectivity index (χ4v) is 1.49. The molecule has 1 N–H and O–H groups in total. The lowest BCUT2D eigenvalue weighted by Crippen LogP contribution is -2.20. The number of alkyl halides is 3. The van der Waals surface area contributed by atoms with Gasteiger partial charge >= 0.3 is 6.18 Å². The summed E-state index contributed by atoms with van der Waals surface area (Å²) in [7, 11) is 0. The molecule has 5 nitrogen and oxygen atoms in total. The van der Waals surface area contributed by atoms with Crippen LogP contribution in [0.4, 0.5) is 19.0 Å². The molecule has 0 aliphatic rings. The number of anilines is 1. The van der Waals surface area contributed by atoms with E-state index in [0.717, 1.165) is 16.9 Å². The molecule has 0 aliphatic carbocycles. The van der Waals surface area contributed by atoms with Gasteiger partial charge in [0.2, 0.25) is 5.91 Å². The average molecular weight is 305 g/mol. The van der Waals surface area contributed by atoms with E-state index in [1.165, 1.54) is 18.3 Å². The van der Waals surface area contributed by atoms with Gasteiger partial charge in [0, 0.05) is 12.4 Å². The molecule has 20 heavy (non-hydrogen) atoms. The zero-order valence-electron chi connectivity index (χ0n) is 9.86. The summed E-state index contributed by atoms with van der Waals surface area (Å²) in [5, 5.41) is 6.09. The predicted molar refractivity (Wildman–Crippen MR) is 65.1 cm³/mol. The molecule has 0 radical (unpaired) electrons. The molecule has 2 aromatic rings. The van der Waals surface area contributed by atoms with Gasteiger partial charge in [-0.1, -0.05) is 11.6 Å². The number of rotatable bonds is 3. The van der Waals surface area contributed by atoms with Crippen molar-refractivity contribution in [1.29, 1.82) is 0 Å². The van der Waals surface area contributed by atoms with Crippen LogP contribution in [-0.2, 0) is 17.5 Å². The largest absolute Gasteiger partial charge is 0.435 e. The number of halogens is 4. The average Bonchev–Trinajstić information content (AvgIpc) is 2.80. The van der Waals surface area contributed by atoms with Crippen LogP contribution < -0.4 is 5.32 Å². The molecule has 0 bridgehead atoms. The van der Waals surface area contributed by atoms with E-state index in [4.69, 9.17) is 11.6 Å². The molecule has 0 saturated carbocycles. The first-order chi connectivity index (χ1) is 9.34. The van der Waals surface area contributed by atoms with Crippen LogP contribution in [0.25, 0.3) is 0 Å². The van der Waals surface area contributed by atoms with Crippen LogP contribution >= 0.6 is 11.6 Å². The van der Waals surface area contributed by atoms with Gasteiger partial charge in [-0.05, 0) is 18.2 Å². The van der Waals surface area contributed by atoms with Crippen molar-refractivity contribution in [2.75, 3.05) is 5.32 Å². The van der Waals surface area contributed by atoms with Crippen LogP contribution in [0.2, 0.25) is 5.02 Å². The highest BCUT2D eigenvalue weighted by Crippen LogP contribution is 2.27. The Kier molecular flexibility index (Phi) is 3.93. The Hall–Kier alpha value is -2.09. The molecule has 0 saturated heterocycles. The number of pyridine rings is 1. The van der Waals surface area contributed by atoms with Crippen molar-refractivity contribution in [3.05, 3.63) is 41.3 Å². The Morgan fingerprint density at radius 1 is 1.35 bits per heavy atom. The molecule has 0 fully saturated rings. The standard InChI is InChI=1S/C11H8ClF3N4O/c12-7-1-2-9(16-5-7)17-10(20)6-19-4-3-8(18-19)11(13,14)15/h1-5H,6H2,(H,16,17,20). The smallest absolute Gasteiger partial charge is 0.309 e. The van der Waals surface area contributed by atoms with Crippen molar-refractivity contribution >= 4 is 23.3 Å². The summed E-state index contributed by atoms with van der Waals surface area (Å²) >= 11 is 5.63. The van der Waals surface area contributed by atoms with Gasteiger partial charge in [-0.2, -0.15) is 18.3 Å². The fraction of sp³-hybridized carbons (Fsp3) is 0.182. The lowest BCUT2D eigenvalue weighted by Gasteiger charge is -2.05. The highest BCUT2D eigenvalue weighted by molar-refractivity contribution is 6.30. The van der Waals surface area contributed by atoms with Crippen molar-refractivity contribution < 1.29 is 18.0 Å². The summed E-state index contributed by atoms with van der Waals surface area (Å²) in [4.78, 5) is 15.4. The maximum Gasteiger partial charge on any atom is 0.435 e. The van der Waals surface area contributed by atoms with Gasteiger partial charge in [-0.15, -0.1) is 0 Å². The highest BCUT2D eigenvalue weighted by atomic mass is 35.5. The third kappa shape index (κ3) is 3.70. The number of nitrogens with zero attached hydrogens (tertiary/aromatic N) is 3. The van der Waals surface area contributed by atoms with Crippen molar-refractivity contribution in [3.8, 4) is 0 Å². The van der Waals surface area contributed by atoms with Gasteiger partial charge in [-0.3, -0.25) is 9.48 Å². The van der Waals surface area contributed by atoms with Gasteiger partial charge in [0.05, 0.1) is 5.02 Å². The summed E-state index contributed by atoms with van der Waals surface area (Å²) in [5.41, 5.74) is -1.05. The van der Waals surface area contributed by atoms with Crippen LogP contribution in [0.5, 0.6) is 0 Å². The Balaban J connectivity index is 1.98. The second-order valence-corrected chi connectivity index (χ2v) is 4.24. The van der Waals surface area contributed by atoms with Crippen molar-refractivity contribution in [1.82, 2.24) is 14.8 Å². The van der Waals surface area contributed by atoms with E-state index >= 15 is 0 Å². The van der Waals surface area contributed by atoms with Crippen LogP contribution in [-0.4, -0.2) is 20.7 Å². The highest BCUT2D eigenvalue weighted by Gasteiger charge is 2.33. The van der Waals surface area contributed by atoms with Crippen molar-refractivity contribution in [2.24, 2.45) is 0 Å². The second-order valence-electron chi connectivity index (χ2n) is 3.81. The quantitative estimate of drug-likeness (QED) is 0.948. The van der Waals surface area contributed by atoms with E-state index in [1.54, 1.807) is 0 Å². The summed E-state index contributed by atoms with van der Waals surface area (Å²) in [6.07, 6.45) is -2.11. The number of carbonyl (C=O) groups is 1. The summed E-state index contributed by atoms with van der Waals surface area (Å²) < 4.78 is 37.9. The zero-order valence-corrected chi connectivity index (χ0v) is 10.6. The van der Waals surface area contributed by atoms with Gasteiger partial charge in [0.25, 0.3) is 0 Å². The SMILES string of the molecule is O=C(Cn1ccc(C(F)(F)F)n1)Nc1ccc(Cl)cn1. The molecule has 0 aromatic carbocycles. The number of hydrogen-bond donors (Lipinski definition) is 1. The van der Waals surface area contributed by atoms with Crippen LogP contribution in [0.3, 0.4) is 0 Å². The molecule has 0 atom stereocenters. The molecule has 0 spiro atoms. The van der Waals surface area contributed by atoms with E-state index in [1.807, 2.05) is 0 Å². The minimum atomic E-state index is -4.53. The van der Waals surface area contributed by atoms with Gasteiger partial charge in [0.15, 0.2) is 5.69 Å². The van der Waals surface area contributed by atoms with Crippen LogP contribution in [0, 0.1) is 0 Å². The second kappa shape index (κ2) is 5.49. The lowest BCUT2D eigenvalue weighted by molar-refractivity contribution is -0.141. The predicted octanol–water partition coefficient (Wildman–Crippen LogP) is 2.59. The van der Waals surface area contributed by atoms with Gasteiger partial charge in [0.1, 0.15) is 12.4 Å². The molecule has 106 valence electrons. The third-order valence-corrected chi connectivity index (χ3v) is 2.46. The maximum absolute atomic E-state index is 12.3. The molecular formula is C11H8ClF3N4O. The van der Waals surface area contributed by atoms with E-state index in [2.05, 4.69) is 15.4 Å². The molecule has 9 heteroatoms. The molecule has 1 amide bonds. The van der Waals surface area contributed by atoms with E-state index < -0.39 is 17.8 Å².